The second-order valence-electron chi connectivity index (χ2n) is 13.8. The molecule has 4 N–H and O–H groups in total. The Morgan fingerprint density at radius 2 is 0.782 bits per heavy atom. The van der Waals surface area contributed by atoms with Gasteiger partial charge in [0.05, 0.1) is 45.7 Å². The van der Waals surface area contributed by atoms with Crippen molar-refractivity contribution in [3.05, 3.63) is 108 Å². The van der Waals surface area contributed by atoms with E-state index in [2.05, 4.69) is 0 Å². The lowest BCUT2D eigenvalue weighted by atomic mass is 10.2. The van der Waals surface area contributed by atoms with E-state index in [4.69, 9.17) is 14.2 Å². The Kier molecular flexibility index (Phi) is 18.7. The van der Waals surface area contributed by atoms with Gasteiger partial charge in [0, 0.05) is 58.9 Å². The van der Waals surface area contributed by atoms with Crippen LogP contribution in [0, 0.1) is 0 Å². The normalized spacial score (nSPS) is 18.0. The third-order valence-electron chi connectivity index (χ3n) is 9.62. The van der Waals surface area contributed by atoms with Gasteiger partial charge in [-0.15, -0.1) is 0 Å². The summed E-state index contributed by atoms with van der Waals surface area (Å²) >= 11 is 0. The van der Waals surface area contributed by atoms with Crippen molar-refractivity contribution < 1.29 is 49.0 Å². The number of hydrogen-bond acceptors (Lipinski definition) is 11. The van der Waals surface area contributed by atoms with Gasteiger partial charge in [-0.1, -0.05) is 91.0 Å². The van der Waals surface area contributed by atoms with E-state index in [0.29, 0.717) is 13.1 Å². The highest BCUT2D eigenvalue weighted by Crippen LogP contribution is 2.14. The van der Waals surface area contributed by atoms with Crippen molar-refractivity contribution in [3.63, 3.8) is 0 Å². The average Bonchev–Trinajstić information content (AvgIpc) is 3.16. The summed E-state index contributed by atoms with van der Waals surface area (Å²) < 4.78 is 17.8. The molecule has 3 aromatic carbocycles. The van der Waals surface area contributed by atoms with E-state index >= 15 is 0 Å². The molecule has 1 aliphatic rings. The smallest absolute Gasteiger partial charge is 0.323 e. The molecule has 0 amide bonds. The maximum atomic E-state index is 12.9. The summed E-state index contributed by atoms with van der Waals surface area (Å²) in [5.74, 6) is -3.25. The van der Waals surface area contributed by atoms with Crippen molar-refractivity contribution in [2.75, 3.05) is 78.7 Å². The lowest BCUT2D eigenvalue weighted by Gasteiger charge is -2.38. The highest BCUT2D eigenvalue weighted by atomic mass is 16.5. The van der Waals surface area contributed by atoms with E-state index < -0.39 is 42.1 Å². The highest BCUT2D eigenvalue weighted by molar-refractivity contribution is 5.74. The van der Waals surface area contributed by atoms with Gasteiger partial charge >= 0.3 is 17.9 Å². The van der Waals surface area contributed by atoms with Crippen LogP contribution in [0.25, 0.3) is 0 Å². The SMILES string of the molecule is CC(O)CN1CCN(C(COCc2ccccc2)C(=O)O)CCN(C(COCc2ccccc2)C(=O)O)CCN(C(COCc2ccccc2)C(=O)O)CC1. The maximum Gasteiger partial charge on any atom is 0.323 e. The molecule has 1 fully saturated rings. The zero-order chi connectivity index (χ0) is 39.4. The molecule has 0 bridgehead atoms. The van der Waals surface area contributed by atoms with E-state index in [0.717, 1.165) is 16.7 Å². The number of β-amino-alcohol motifs (C(OH)–C–C–N with tert-alkyl or cyclic N) is 1. The first-order valence-corrected chi connectivity index (χ1v) is 18.8. The molecule has 1 aliphatic heterocycles. The first-order chi connectivity index (χ1) is 26.6. The molecule has 14 nitrogen and oxygen atoms in total. The standard InChI is InChI=1S/C41H56N4O10/c1-32(46)25-42-17-19-43(36(39(47)48)29-53-26-33-11-5-2-6-12-33)21-23-45(38(41(51)52)31-55-28-35-15-9-4-10-16-35)24-22-44(20-18-42)37(40(49)50)30-54-27-34-13-7-3-8-14-34/h2-16,32,36-38,46H,17-31H2,1H3,(H,47,48)(H,49,50)(H,51,52). The quantitative estimate of drug-likeness (QED) is 0.132. The first kappa shape index (κ1) is 43.5. The molecule has 300 valence electrons. The van der Waals surface area contributed by atoms with Crippen LogP contribution in [0.5, 0.6) is 0 Å². The molecule has 0 aromatic heterocycles. The van der Waals surface area contributed by atoms with Crippen LogP contribution in [0.1, 0.15) is 23.6 Å². The summed E-state index contributed by atoms with van der Waals surface area (Å²) in [4.78, 5) is 45.7. The number of carbonyl (C=O) groups is 3. The molecular formula is C41H56N4O10. The predicted molar refractivity (Wildman–Crippen MR) is 205 cm³/mol. The monoisotopic (exact) mass is 764 g/mol. The Hall–Kier alpha value is -4.25. The third kappa shape index (κ3) is 15.4. The zero-order valence-electron chi connectivity index (χ0n) is 31.6. The zero-order valence-corrected chi connectivity index (χ0v) is 31.6. The number of ether oxygens (including phenoxy) is 3. The maximum absolute atomic E-state index is 12.9. The second-order valence-corrected chi connectivity index (χ2v) is 13.8. The highest BCUT2D eigenvalue weighted by Gasteiger charge is 2.33. The molecule has 0 saturated carbocycles. The van der Waals surface area contributed by atoms with Crippen LogP contribution in [-0.2, 0) is 48.4 Å². The van der Waals surface area contributed by atoms with Crippen molar-refractivity contribution >= 4 is 17.9 Å². The number of aliphatic hydroxyl groups excluding tert-OH is 1. The topological polar surface area (TPSA) is 173 Å². The lowest BCUT2D eigenvalue weighted by molar-refractivity contribution is -0.150. The van der Waals surface area contributed by atoms with Crippen LogP contribution in [-0.4, -0.2) is 161 Å². The molecule has 14 heteroatoms. The van der Waals surface area contributed by atoms with Crippen molar-refractivity contribution in [2.24, 2.45) is 0 Å². The molecule has 4 unspecified atom stereocenters. The minimum atomic E-state index is -1.11. The van der Waals surface area contributed by atoms with Crippen molar-refractivity contribution in [1.82, 2.24) is 19.6 Å². The average molecular weight is 765 g/mol. The molecule has 0 spiro atoms. The summed E-state index contributed by atoms with van der Waals surface area (Å²) in [6.45, 7) is 4.24. The summed E-state index contributed by atoms with van der Waals surface area (Å²) in [7, 11) is 0. The van der Waals surface area contributed by atoms with E-state index in [1.54, 1.807) is 21.6 Å². The van der Waals surface area contributed by atoms with Gasteiger partial charge in [0.15, 0.2) is 0 Å². The Labute approximate surface area is 323 Å². The fourth-order valence-corrected chi connectivity index (χ4v) is 6.58. The van der Waals surface area contributed by atoms with Crippen molar-refractivity contribution in [1.29, 1.82) is 0 Å². The van der Waals surface area contributed by atoms with Crippen LogP contribution in [0.3, 0.4) is 0 Å². The fourth-order valence-electron chi connectivity index (χ4n) is 6.58. The third-order valence-corrected chi connectivity index (χ3v) is 9.62. The number of carboxylic acids is 3. The molecule has 1 saturated heterocycles. The number of carboxylic acid groups (broad SMARTS) is 3. The molecule has 1 heterocycles. The van der Waals surface area contributed by atoms with Crippen molar-refractivity contribution in [2.45, 2.75) is 51.0 Å². The van der Waals surface area contributed by atoms with Crippen LogP contribution in [0.15, 0.2) is 91.0 Å². The minimum Gasteiger partial charge on any atom is -0.480 e. The molecule has 3 aromatic rings. The van der Waals surface area contributed by atoms with E-state index in [-0.39, 0.29) is 85.5 Å². The largest absolute Gasteiger partial charge is 0.480 e. The summed E-state index contributed by atoms with van der Waals surface area (Å²) in [6, 6.07) is 25.2. The first-order valence-electron chi connectivity index (χ1n) is 18.8. The van der Waals surface area contributed by atoms with Crippen LogP contribution >= 0.6 is 0 Å². The Bertz CT molecular complexity index is 1470. The fraction of sp³-hybridized carbons (Fsp3) is 0.488. The van der Waals surface area contributed by atoms with Gasteiger partial charge in [-0.3, -0.25) is 34.0 Å². The predicted octanol–water partition coefficient (Wildman–Crippen LogP) is 2.60. The number of benzene rings is 3. The van der Waals surface area contributed by atoms with Crippen LogP contribution in [0.4, 0.5) is 0 Å². The second kappa shape index (κ2) is 23.6. The van der Waals surface area contributed by atoms with Gasteiger partial charge in [0.25, 0.3) is 0 Å². The summed E-state index contributed by atoms with van der Waals surface area (Å²) in [6.07, 6.45) is -0.688. The number of aliphatic hydroxyl groups is 1. The Balaban J connectivity index is 1.58. The number of rotatable bonds is 20. The van der Waals surface area contributed by atoms with Gasteiger partial charge in [-0.25, -0.2) is 0 Å². The van der Waals surface area contributed by atoms with Crippen LogP contribution in [0.2, 0.25) is 0 Å². The molecule has 4 atom stereocenters. The van der Waals surface area contributed by atoms with Gasteiger partial charge in [-0.05, 0) is 23.6 Å². The van der Waals surface area contributed by atoms with E-state index in [1.807, 2.05) is 95.9 Å². The van der Waals surface area contributed by atoms with Gasteiger partial charge < -0.3 is 34.6 Å². The number of hydrogen-bond donors (Lipinski definition) is 4. The summed E-state index contributed by atoms with van der Waals surface area (Å²) in [5, 5.41) is 41.7. The van der Waals surface area contributed by atoms with Crippen molar-refractivity contribution in [3.8, 4) is 0 Å². The van der Waals surface area contributed by atoms with E-state index in [9.17, 15) is 34.8 Å². The van der Waals surface area contributed by atoms with E-state index in [1.165, 1.54) is 0 Å². The van der Waals surface area contributed by atoms with Gasteiger partial charge in [0.2, 0.25) is 0 Å². The Morgan fingerprint density at radius 3 is 1.04 bits per heavy atom. The van der Waals surface area contributed by atoms with Gasteiger partial charge in [0.1, 0.15) is 18.1 Å². The molecule has 4 rings (SSSR count). The molecule has 55 heavy (non-hydrogen) atoms. The Morgan fingerprint density at radius 1 is 0.509 bits per heavy atom. The van der Waals surface area contributed by atoms with Crippen LogP contribution < -0.4 is 0 Å². The van der Waals surface area contributed by atoms with Gasteiger partial charge in [-0.2, -0.15) is 0 Å². The summed E-state index contributed by atoms with van der Waals surface area (Å²) in [5.41, 5.74) is 2.70. The molecular weight excluding hydrogens is 708 g/mol. The lowest BCUT2D eigenvalue weighted by Crippen LogP contribution is -2.56. The minimum absolute atomic E-state index is 0.0970. The molecule has 0 aliphatic carbocycles. The molecule has 0 radical (unpaired) electrons. The number of aliphatic carboxylic acids is 3. The number of nitrogens with zero attached hydrogens (tertiary/aromatic N) is 4.